The van der Waals surface area contributed by atoms with E-state index in [2.05, 4.69) is 0 Å². The third-order valence-electron chi connectivity index (χ3n) is 5.75. The number of piperidine rings is 1. The van der Waals surface area contributed by atoms with Crippen molar-refractivity contribution in [2.75, 3.05) is 52.3 Å². The fraction of sp³-hybridized carbons (Fsp3) is 0.455. The molecule has 1 saturated heterocycles. The summed E-state index contributed by atoms with van der Waals surface area (Å²) in [6.07, 6.45) is 0.992. The number of para-hydroxylation sites is 1. The van der Waals surface area contributed by atoms with Gasteiger partial charge in [-0.3, -0.25) is 9.69 Å². The highest BCUT2D eigenvalue weighted by Gasteiger charge is 2.35. The summed E-state index contributed by atoms with van der Waals surface area (Å²) in [5.74, 6) is 0.445. The average molecular weight is 509 g/mol. The molecule has 0 aliphatic carbocycles. The summed E-state index contributed by atoms with van der Waals surface area (Å²) < 4.78 is 33.9. The van der Waals surface area contributed by atoms with Crippen molar-refractivity contribution in [2.24, 2.45) is 5.92 Å². The van der Waals surface area contributed by atoms with Crippen LogP contribution in [0, 0.1) is 5.92 Å². The molecule has 33 heavy (non-hydrogen) atoms. The first-order valence-corrected chi connectivity index (χ1v) is 13.9. The first-order valence-electron chi connectivity index (χ1n) is 10.7. The van der Waals surface area contributed by atoms with Crippen molar-refractivity contribution in [2.45, 2.75) is 17.1 Å². The average Bonchev–Trinajstić information content (AvgIpc) is 3.49. The third-order valence-corrected chi connectivity index (χ3v) is 10.1. The van der Waals surface area contributed by atoms with E-state index in [4.69, 9.17) is 9.72 Å². The van der Waals surface area contributed by atoms with Gasteiger partial charge in [0.15, 0.2) is 5.13 Å². The lowest BCUT2D eigenvalue weighted by atomic mass is 9.96. The van der Waals surface area contributed by atoms with Crippen LogP contribution in [0.3, 0.4) is 0 Å². The Morgan fingerprint density at radius 3 is 2.58 bits per heavy atom. The summed E-state index contributed by atoms with van der Waals surface area (Å²) in [6, 6.07) is 9.12. The number of aromatic nitrogens is 1. The van der Waals surface area contributed by atoms with Crippen LogP contribution in [0.15, 0.2) is 39.9 Å². The monoisotopic (exact) mass is 508 g/mol. The number of carbonyl (C=O) groups excluding carboxylic acids is 1. The van der Waals surface area contributed by atoms with Crippen molar-refractivity contribution in [3.63, 3.8) is 0 Å². The highest BCUT2D eigenvalue weighted by Crippen LogP contribution is 2.35. The summed E-state index contributed by atoms with van der Waals surface area (Å²) in [7, 11) is 2.06. The zero-order valence-corrected chi connectivity index (χ0v) is 21.4. The highest BCUT2D eigenvalue weighted by atomic mass is 32.2. The van der Waals surface area contributed by atoms with Gasteiger partial charge >= 0.3 is 0 Å². The molecule has 0 radical (unpaired) electrons. The quantitative estimate of drug-likeness (QED) is 0.464. The predicted octanol–water partition coefficient (Wildman–Crippen LogP) is 3.36. The Morgan fingerprint density at radius 1 is 1.18 bits per heavy atom. The van der Waals surface area contributed by atoms with Crippen molar-refractivity contribution in [1.82, 2.24) is 14.2 Å². The second kappa shape index (κ2) is 10.1. The van der Waals surface area contributed by atoms with Gasteiger partial charge in [-0.05, 0) is 50.5 Å². The van der Waals surface area contributed by atoms with Gasteiger partial charge in [-0.2, -0.15) is 4.31 Å². The fourth-order valence-corrected chi connectivity index (χ4v) is 7.52. The minimum atomic E-state index is -3.49. The van der Waals surface area contributed by atoms with Crippen LogP contribution in [0.25, 0.3) is 10.2 Å². The first-order chi connectivity index (χ1) is 15.8. The van der Waals surface area contributed by atoms with Crippen LogP contribution in [-0.4, -0.2) is 75.9 Å². The molecule has 1 amide bonds. The van der Waals surface area contributed by atoms with Gasteiger partial charge in [0.2, 0.25) is 5.91 Å². The Bertz CT molecular complexity index is 1200. The van der Waals surface area contributed by atoms with Crippen molar-refractivity contribution in [1.29, 1.82) is 0 Å². The Labute approximate surface area is 202 Å². The highest BCUT2D eigenvalue weighted by molar-refractivity contribution is 7.91. The number of nitrogens with zero attached hydrogens (tertiary/aromatic N) is 4. The predicted molar refractivity (Wildman–Crippen MR) is 133 cm³/mol. The minimum absolute atomic E-state index is 0.00282. The van der Waals surface area contributed by atoms with Crippen LogP contribution < -0.4 is 9.64 Å². The number of benzene rings is 1. The van der Waals surface area contributed by atoms with Crippen LogP contribution in [0.1, 0.15) is 12.8 Å². The second-order valence-electron chi connectivity index (χ2n) is 8.21. The molecule has 1 aliphatic heterocycles. The molecule has 0 unspecified atom stereocenters. The van der Waals surface area contributed by atoms with Crippen molar-refractivity contribution < 1.29 is 17.9 Å². The lowest BCUT2D eigenvalue weighted by molar-refractivity contribution is -0.123. The summed E-state index contributed by atoms with van der Waals surface area (Å²) >= 11 is 2.69. The summed E-state index contributed by atoms with van der Waals surface area (Å²) in [6.45, 7) is 1.89. The number of fused-ring (bicyclic) bond motifs is 1. The molecule has 0 bridgehead atoms. The number of amides is 1. The number of anilines is 1. The number of rotatable bonds is 8. The van der Waals surface area contributed by atoms with Crippen LogP contribution >= 0.6 is 22.7 Å². The number of ether oxygens (including phenoxy) is 1. The van der Waals surface area contributed by atoms with Gasteiger partial charge in [-0.15, -0.1) is 11.3 Å². The molecule has 0 atom stereocenters. The molecule has 1 aliphatic rings. The van der Waals surface area contributed by atoms with Gasteiger partial charge in [-0.25, -0.2) is 13.4 Å². The number of sulfonamides is 1. The van der Waals surface area contributed by atoms with E-state index < -0.39 is 10.0 Å². The van der Waals surface area contributed by atoms with Crippen molar-refractivity contribution in [3.8, 4) is 5.75 Å². The smallest absolute Gasteiger partial charge is 0.252 e. The van der Waals surface area contributed by atoms with Crippen LogP contribution in [0.2, 0.25) is 0 Å². The van der Waals surface area contributed by atoms with E-state index in [1.165, 1.54) is 27.0 Å². The number of hydrogen-bond donors (Lipinski definition) is 0. The van der Waals surface area contributed by atoms with Crippen LogP contribution in [-0.2, 0) is 14.8 Å². The molecule has 11 heteroatoms. The molecular formula is C22H28N4O4S3. The third kappa shape index (κ3) is 5.07. The van der Waals surface area contributed by atoms with Crippen LogP contribution in [0.4, 0.5) is 5.13 Å². The number of methoxy groups -OCH3 is 1. The summed E-state index contributed by atoms with van der Waals surface area (Å²) in [5, 5.41) is 2.41. The maximum Gasteiger partial charge on any atom is 0.252 e. The largest absolute Gasteiger partial charge is 0.494 e. The normalized spacial score (nSPS) is 15.9. The Hall–Kier alpha value is -2.05. The van der Waals surface area contributed by atoms with Crippen molar-refractivity contribution >= 4 is 54.0 Å². The molecule has 0 spiro atoms. The molecule has 1 fully saturated rings. The zero-order chi connectivity index (χ0) is 23.6. The van der Waals surface area contributed by atoms with Gasteiger partial charge in [0.05, 0.1) is 11.8 Å². The summed E-state index contributed by atoms with van der Waals surface area (Å²) in [5.41, 5.74) is 0.750. The second-order valence-corrected chi connectivity index (χ2v) is 12.3. The molecule has 2 aromatic heterocycles. The molecule has 178 valence electrons. The van der Waals surface area contributed by atoms with E-state index in [1.807, 2.05) is 37.2 Å². The molecular weight excluding hydrogens is 480 g/mol. The number of likely N-dealkylation sites (N-methyl/N-ethyl adjacent to an activating group) is 1. The fourth-order valence-electron chi connectivity index (χ4n) is 3.89. The van der Waals surface area contributed by atoms with Crippen LogP contribution in [0.5, 0.6) is 5.75 Å². The lowest BCUT2D eigenvalue weighted by Crippen LogP contribution is -2.45. The Kier molecular flexibility index (Phi) is 7.34. The molecule has 8 nitrogen and oxygen atoms in total. The Morgan fingerprint density at radius 2 is 1.94 bits per heavy atom. The zero-order valence-electron chi connectivity index (χ0n) is 18.9. The molecule has 3 aromatic rings. The maximum absolute atomic E-state index is 13.6. The minimum Gasteiger partial charge on any atom is -0.494 e. The van der Waals surface area contributed by atoms with E-state index in [9.17, 15) is 13.2 Å². The molecule has 0 saturated carbocycles. The van der Waals surface area contributed by atoms with Crippen molar-refractivity contribution in [3.05, 3.63) is 35.7 Å². The molecule has 4 rings (SSSR count). The van der Waals surface area contributed by atoms with E-state index in [0.717, 1.165) is 10.2 Å². The number of carbonyl (C=O) groups is 1. The van der Waals surface area contributed by atoms with Gasteiger partial charge in [0, 0.05) is 32.1 Å². The van der Waals surface area contributed by atoms with E-state index >= 15 is 0 Å². The number of hydrogen-bond acceptors (Lipinski definition) is 8. The van der Waals surface area contributed by atoms with Gasteiger partial charge in [0.1, 0.15) is 15.5 Å². The van der Waals surface area contributed by atoms with Gasteiger partial charge < -0.3 is 9.64 Å². The SMILES string of the molecule is COc1cccc2sc(N(CCN(C)C)C(=O)C3CCN(S(=O)(=O)c4cccs4)CC3)nc12. The number of thiazole rings is 1. The molecule has 1 aromatic carbocycles. The topological polar surface area (TPSA) is 83.0 Å². The lowest BCUT2D eigenvalue weighted by Gasteiger charge is -2.33. The van der Waals surface area contributed by atoms with Gasteiger partial charge in [-0.1, -0.05) is 23.5 Å². The van der Waals surface area contributed by atoms with E-state index in [-0.39, 0.29) is 11.8 Å². The number of thiophene rings is 1. The molecule has 0 N–H and O–H groups in total. The summed E-state index contributed by atoms with van der Waals surface area (Å²) in [4.78, 5) is 22.1. The Balaban J connectivity index is 1.53. The maximum atomic E-state index is 13.6. The van der Waals surface area contributed by atoms with E-state index in [0.29, 0.717) is 54.1 Å². The first kappa shape index (κ1) is 24.1. The van der Waals surface area contributed by atoms with E-state index in [1.54, 1.807) is 29.5 Å². The molecule has 3 heterocycles. The standard InChI is InChI=1S/C22H28N4O4S3/c1-24(2)13-14-26(22-23-20-17(30-3)6-4-7-18(20)32-22)21(27)16-9-11-25(12-10-16)33(28,29)19-8-5-15-31-19/h4-8,15-16H,9-14H2,1-3H3. The van der Waals surface area contributed by atoms with Gasteiger partial charge in [0.25, 0.3) is 10.0 Å².